The molecule has 1 heterocycles. The Kier molecular flexibility index (Phi) is 6.95. The first-order valence-corrected chi connectivity index (χ1v) is 10.5. The van der Waals surface area contributed by atoms with Gasteiger partial charge in [0.2, 0.25) is 5.91 Å². The molecule has 2 fully saturated rings. The van der Waals surface area contributed by atoms with E-state index in [0.29, 0.717) is 0 Å². The summed E-state index contributed by atoms with van der Waals surface area (Å²) in [6.07, 6.45) is 8.52. The minimum atomic E-state index is 0.199. The minimum Gasteiger partial charge on any atom is -0.369 e. The van der Waals surface area contributed by atoms with Crippen molar-refractivity contribution in [1.82, 2.24) is 4.90 Å². The monoisotopic (exact) mass is 357 g/mol. The van der Waals surface area contributed by atoms with E-state index < -0.39 is 0 Å². The van der Waals surface area contributed by atoms with Gasteiger partial charge in [-0.05, 0) is 62.9 Å². The van der Waals surface area contributed by atoms with E-state index in [1.165, 1.54) is 37.8 Å². The molecule has 1 aromatic rings. The number of benzene rings is 1. The van der Waals surface area contributed by atoms with Crippen molar-refractivity contribution in [3.05, 3.63) is 24.3 Å². The molecule has 1 aliphatic carbocycles. The Morgan fingerprint density at radius 1 is 1.04 bits per heavy atom. The quantitative estimate of drug-likeness (QED) is 0.821. The van der Waals surface area contributed by atoms with E-state index in [1.807, 2.05) is 0 Å². The standard InChI is InChI=1S/C22H35N3O/c1-3-4-5-18-6-8-19(9-7-18)22(26)23-20-10-12-21(13-11-20)25-16-14-24(2)15-17-25/h10-13,18-19H,3-9,14-17H2,1-2H3,(H,23,26). The Balaban J connectivity index is 1.46. The molecule has 1 N–H and O–H groups in total. The first kappa shape index (κ1) is 19.2. The van der Waals surface area contributed by atoms with E-state index in [-0.39, 0.29) is 11.8 Å². The van der Waals surface area contributed by atoms with Gasteiger partial charge in [-0.1, -0.05) is 26.2 Å². The van der Waals surface area contributed by atoms with Crippen LogP contribution in [0.25, 0.3) is 0 Å². The molecule has 0 atom stereocenters. The molecule has 4 nitrogen and oxygen atoms in total. The lowest BCUT2D eigenvalue weighted by Crippen LogP contribution is -2.44. The number of carbonyl (C=O) groups is 1. The van der Waals surface area contributed by atoms with Gasteiger partial charge in [0.25, 0.3) is 0 Å². The Labute approximate surface area is 158 Å². The average molecular weight is 358 g/mol. The van der Waals surface area contributed by atoms with Gasteiger partial charge in [0.15, 0.2) is 0 Å². The van der Waals surface area contributed by atoms with Crippen LogP contribution in [0.1, 0.15) is 51.9 Å². The number of likely N-dealkylation sites (N-methyl/N-ethyl adjacent to an activating group) is 1. The van der Waals surface area contributed by atoms with Gasteiger partial charge in [-0.2, -0.15) is 0 Å². The van der Waals surface area contributed by atoms with Gasteiger partial charge < -0.3 is 15.1 Å². The van der Waals surface area contributed by atoms with Gasteiger partial charge in [-0.25, -0.2) is 0 Å². The summed E-state index contributed by atoms with van der Waals surface area (Å²) in [5.74, 6) is 1.26. The van der Waals surface area contributed by atoms with Crippen molar-refractivity contribution >= 4 is 17.3 Å². The van der Waals surface area contributed by atoms with Gasteiger partial charge in [0.1, 0.15) is 0 Å². The average Bonchev–Trinajstić information content (AvgIpc) is 2.68. The van der Waals surface area contributed by atoms with Crippen LogP contribution in [0.15, 0.2) is 24.3 Å². The van der Waals surface area contributed by atoms with E-state index in [9.17, 15) is 4.79 Å². The Hall–Kier alpha value is -1.55. The fraction of sp³-hybridized carbons (Fsp3) is 0.682. The summed E-state index contributed by atoms with van der Waals surface area (Å²) in [6, 6.07) is 8.39. The molecular weight excluding hydrogens is 322 g/mol. The van der Waals surface area contributed by atoms with Gasteiger partial charge in [0, 0.05) is 43.5 Å². The highest BCUT2D eigenvalue weighted by atomic mass is 16.1. The maximum absolute atomic E-state index is 12.6. The van der Waals surface area contributed by atoms with Crippen molar-refractivity contribution in [2.45, 2.75) is 51.9 Å². The second-order valence-electron chi connectivity index (χ2n) is 8.19. The lowest BCUT2D eigenvalue weighted by molar-refractivity contribution is -0.121. The zero-order chi connectivity index (χ0) is 18.4. The minimum absolute atomic E-state index is 0.199. The number of piperazine rings is 1. The second-order valence-corrected chi connectivity index (χ2v) is 8.19. The largest absolute Gasteiger partial charge is 0.369 e. The van der Waals surface area contributed by atoms with Gasteiger partial charge in [0.05, 0.1) is 0 Å². The van der Waals surface area contributed by atoms with Gasteiger partial charge >= 0.3 is 0 Å². The number of hydrogen-bond donors (Lipinski definition) is 1. The summed E-state index contributed by atoms with van der Waals surface area (Å²) < 4.78 is 0. The van der Waals surface area contributed by atoms with Crippen LogP contribution < -0.4 is 10.2 Å². The number of anilines is 2. The highest BCUT2D eigenvalue weighted by Crippen LogP contribution is 2.32. The third kappa shape index (κ3) is 5.23. The van der Waals surface area contributed by atoms with Crippen LogP contribution in [0.3, 0.4) is 0 Å². The van der Waals surface area contributed by atoms with Crippen LogP contribution in [-0.4, -0.2) is 44.0 Å². The van der Waals surface area contributed by atoms with Crippen molar-refractivity contribution in [3.8, 4) is 0 Å². The van der Waals surface area contributed by atoms with Crippen molar-refractivity contribution < 1.29 is 4.79 Å². The molecule has 1 saturated carbocycles. The SMILES string of the molecule is CCCCC1CCC(C(=O)Nc2ccc(N3CCN(C)CC3)cc2)CC1. The number of hydrogen-bond acceptors (Lipinski definition) is 3. The molecule has 4 heteroatoms. The molecule has 0 unspecified atom stereocenters. The van der Waals surface area contributed by atoms with E-state index in [4.69, 9.17) is 0 Å². The van der Waals surface area contributed by atoms with Crippen LogP contribution >= 0.6 is 0 Å². The Morgan fingerprint density at radius 3 is 2.31 bits per heavy atom. The predicted molar refractivity (Wildman–Crippen MR) is 110 cm³/mol. The molecule has 0 bridgehead atoms. The summed E-state index contributed by atoms with van der Waals surface area (Å²) in [7, 11) is 2.17. The number of amides is 1. The molecule has 1 saturated heterocycles. The maximum Gasteiger partial charge on any atom is 0.227 e. The van der Waals surface area contributed by atoms with E-state index in [2.05, 4.69) is 53.4 Å². The zero-order valence-corrected chi connectivity index (χ0v) is 16.5. The summed E-state index contributed by atoms with van der Waals surface area (Å²) in [5, 5.41) is 3.14. The first-order valence-electron chi connectivity index (χ1n) is 10.5. The number of nitrogens with zero attached hydrogens (tertiary/aromatic N) is 2. The first-order chi connectivity index (χ1) is 12.7. The Morgan fingerprint density at radius 2 is 1.69 bits per heavy atom. The summed E-state index contributed by atoms with van der Waals surface area (Å²) in [6.45, 7) is 6.62. The van der Waals surface area contributed by atoms with Crippen LogP contribution in [0.4, 0.5) is 11.4 Å². The van der Waals surface area contributed by atoms with Gasteiger partial charge in [-0.3, -0.25) is 4.79 Å². The van der Waals surface area contributed by atoms with E-state index >= 15 is 0 Å². The maximum atomic E-state index is 12.6. The molecule has 0 radical (unpaired) electrons. The van der Waals surface area contributed by atoms with E-state index in [0.717, 1.165) is 50.6 Å². The lowest BCUT2D eigenvalue weighted by atomic mass is 9.79. The second kappa shape index (κ2) is 9.40. The molecule has 0 aromatic heterocycles. The molecule has 3 rings (SSSR count). The molecule has 2 aliphatic rings. The lowest BCUT2D eigenvalue weighted by Gasteiger charge is -2.34. The highest BCUT2D eigenvalue weighted by molar-refractivity contribution is 5.92. The fourth-order valence-corrected chi connectivity index (χ4v) is 4.27. The number of nitrogens with one attached hydrogen (secondary N) is 1. The summed E-state index contributed by atoms with van der Waals surface area (Å²) in [4.78, 5) is 17.4. The van der Waals surface area contributed by atoms with Crippen molar-refractivity contribution in [2.75, 3.05) is 43.4 Å². The summed E-state index contributed by atoms with van der Waals surface area (Å²) in [5.41, 5.74) is 2.19. The van der Waals surface area contributed by atoms with Gasteiger partial charge in [-0.15, -0.1) is 0 Å². The van der Waals surface area contributed by atoms with Crippen LogP contribution in [0, 0.1) is 11.8 Å². The number of rotatable bonds is 6. The van der Waals surface area contributed by atoms with Crippen LogP contribution in [0.5, 0.6) is 0 Å². The summed E-state index contributed by atoms with van der Waals surface area (Å²) >= 11 is 0. The molecular formula is C22H35N3O. The van der Waals surface area contributed by atoms with Crippen molar-refractivity contribution in [1.29, 1.82) is 0 Å². The third-order valence-corrected chi connectivity index (χ3v) is 6.19. The smallest absolute Gasteiger partial charge is 0.227 e. The molecule has 0 spiro atoms. The number of carbonyl (C=O) groups excluding carboxylic acids is 1. The topological polar surface area (TPSA) is 35.6 Å². The zero-order valence-electron chi connectivity index (χ0n) is 16.5. The fourth-order valence-electron chi connectivity index (χ4n) is 4.27. The number of unbranched alkanes of at least 4 members (excludes halogenated alkanes) is 1. The predicted octanol–water partition coefficient (Wildman–Crippen LogP) is 4.37. The highest BCUT2D eigenvalue weighted by Gasteiger charge is 2.26. The molecule has 1 aliphatic heterocycles. The van der Waals surface area contributed by atoms with Crippen LogP contribution in [-0.2, 0) is 4.79 Å². The molecule has 1 amide bonds. The van der Waals surface area contributed by atoms with Crippen LogP contribution in [0.2, 0.25) is 0 Å². The third-order valence-electron chi connectivity index (χ3n) is 6.19. The van der Waals surface area contributed by atoms with Crippen molar-refractivity contribution in [3.63, 3.8) is 0 Å². The van der Waals surface area contributed by atoms with E-state index in [1.54, 1.807) is 0 Å². The molecule has 1 aromatic carbocycles. The molecule has 26 heavy (non-hydrogen) atoms. The normalized spacial score (nSPS) is 24.5. The molecule has 144 valence electrons. The van der Waals surface area contributed by atoms with Crippen molar-refractivity contribution in [2.24, 2.45) is 11.8 Å². The Bertz CT molecular complexity index is 555.